The van der Waals surface area contributed by atoms with Crippen molar-refractivity contribution in [2.45, 2.75) is 6.42 Å². The molecule has 0 aromatic heterocycles. The van der Waals surface area contributed by atoms with E-state index in [1.807, 2.05) is 36.4 Å². The molecule has 0 radical (unpaired) electrons. The summed E-state index contributed by atoms with van der Waals surface area (Å²) >= 11 is 0. The van der Waals surface area contributed by atoms with Crippen LogP contribution in [0.3, 0.4) is 0 Å². The standard InChI is InChI=1S/C17H19N3O2/c1-12(14-5-7-15(18)8-6-14)19-20-17(21)11-13-3-9-16(22-2)10-4-13/h3-10,19H,1,11,18H2,2H3,(H,20,21). The maximum Gasteiger partial charge on any atom is 0.242 e. The van der Waals surface area contributed by atoms with E-state index in [1.54, 1.807) is 19.2 Å². The molecule has 0 spiro atoms. The Bertz CT molecular complexity index is 649. The summed E-state index contributed by atoms with van der Waals surface area (Å²) in [6.45, 7) is 3.87. The zero-order valence-electron chi connectivity index (χ0n) is 12.4. The van der Waals surface area contributed by atoms with Gasteiger partial charge in [-0.2, -0.15) is 0 Å². The zero-order valence-corrected chi connectivity index (χ0v) is 12.4. The second kappa shape index (κ2) is 7.17. The fraction of sp³-hybridized carbons (Fsp3) is 0.118. The van der Waals surface area contributed by atoms with E-state index >= 15 is 0 Å². The Labute approximate surface area is 129 Å². The highest BCUT2D eigenvalue weighted by atomic mass is 16.5. The molecule has 1 amide bonds. The van der Waals surface area contributed by atoms with Gasteiger partial charge in [-0.1, -0.05) is 30.8 Å². The van der Waals surface area contributed by atoms with Crippen LogP contribution < -0.4 is 21.3 Å². The SMILES string of the molecule is C=C(NNC(=O)Cc1ccc(OC)cc1)c1ccc(N)cc1. The van der Waals surface area contributed by atoms with Crippen LogP contribution in [-0.2, 0) is 11.2 Å². The maximum atomic E-state index is 11.9. The summed E-state index contributed by atoms with van der Waals surface area (Å²) < 4.78 is 5.08. The Hall–Kier alpha value is -2.95. The van der Waals surface area contributed by atoms with Gasteiger partial charge in [0.25, 0.3) is 0 Å². The van der Waals surface area contributed by atoms with Gasteiger partial charge in [-0.3, -0.25) is 15.6 Å². The minimum absolute atomic E-state index is 0.151. The van der Waals surface area contributed by atoms with Crippen molar-refractivity contribution in [1.82, 2.24) is 10.9 Å². The number of hydrazine groups is 1. The van der Waals surface area contributed by atoms with Gasteiger partial charge >= 0.3 is 0 Å². The van der Waals surface area contributed by atoms with Gasteiger partial charge in [0.05, 0.1) is 19.2 Å². The van der Waals surface area contributed by atoms with Crippen molar-refractivity contribution in [3.8, 4) is 5.75 Å². The lowest BCUT2D eigenvalue weighted by Crippen LogP contribution is -2.36. The molecule has 2 aromatic carbocycles. The number of rotatable bonds is 6. The highest BCUT2D eigenvalue weighted by Crippen LogP contribution is 2.12. The maximum absolute atomic E-state index is 11.9. The lowest BCUT2D eigenvalue weighted by Gasteiger charge is -2.11. The number of benzene rings is 2. The molecule has 4 N–H and O–H groups in total. The number of carbonyl (C=O) groups excluding carboxylic acids is 1. The molecule has 0 aliphatic rings. The summed E-state index contributed by atoms with van der Waals surface area (Å²) in [6, 6.07) is 14.6. The van der Waals surface area contributed by atoms with Gasteiger partial charge in [0, 0.05) is 5.69 Å². The van der Waals surface area contributed by atoms with E-state index in [4.69, 9.17) is 10.5 Å². The van der Waals surface area contributed by atoms with Crippen LogP contribution in [0.1, 0.15) is 11.1 Å². The Morgan fingerprint density at radius 3 is 2.32 bits per heavy atom. The number of nitrogen functional groups attached to an aromatic ring is 1. The lowest BCUT2D eigenvalue weighted by molar-refractivity contribution is -0.121. The molecule has 0 atom stereocenters. The Balaban J connectivity index is 1.84. The fourth-order valence-corrected chi connectivity index (χ4v) is 1.87. The van der Waals surface area contributed by atoms with E-state index in [2.05, 4.69) is 17.4 Å². The first-order chi connectivity index (χ1) is 10.6. The number of nitrogens with two attached hydrogens (primary N) is 1. The van der Waals surface area contributed by atoms with Crippen LogP contribution >= 0.6 is 0 Å². The summed E-state index contributed by atoms with van der Waals surface area (Å²) in [7, 11) is 1.61. The molecule has 114 valence electrons. The molecular formula is C17H19N3O2. The van der Waals surface area contributed by atoms with Crippen molar-refractivity contribution in [3.05, 3.63) is 66.2 Å². The molecule has 0 bridgehead atoms. The predicted molar refractivity (Wildman–Crippen MR) is 87.9 cm³/mol. The third-order valence-electron chi connectivity index (χ3n) is 3.14. The largest absolute Gasteiger partial charge is 0.497 e. The summed E-state index contributed by atoms with van der Waals surface area (Å²) in [6.07, 6.45) is 0.270. The molecule has 5 heteroatoms. The second-order valence-electron chi connectivity index (χ2n) is 4.80. The normalized spacial score (nSPS) is 9.86. The highest BCUT2D eigenvalue weighted by molar-refractivity contribution is 5.79. The van der Waals surface area contributed by atoms with E-state index in [9.17, 15) is 4.79 Å². The minimum atomic E-state index is -0.151. The smallest absolute Gasteiger partial charge is 0.242 e. The summed E-state index contributed by atoms with van der Waals surface area (Å²) in [5, 5.41) is 0. The van der Waals surface area contributed by atoms with E-state index < -0.39 is 0 Å². The summed E-state index contributed by atoms with van der Waals surface area (Å²) in [5.74, 6) is 0.612. The third-order valence-corrected chi connectivity index (χ3v) is 3.14. The number of ether oxygens (including phenoxy) is 1. The number of methoxy groups -OCH3 is 1. The van der Waals surface area contributed by atoms with Crippen molar-refractivity contribution in [1.29, 1.82) is 0 Å². The molecular weight excluding hydrogens is 278 g/mol. The Morgan fingerprint density at radius 2 is 1.73 bits per heavy atom. The van der Waals surface area contributed by atoms with Crippen LogP contribution in [0.4, 0.5) is 5.69 Å². The summed E-state index contributed by atoms with van der Waals surface area (Å²) in [4.78, 5) is 11.9. The molecule has 0 saturated heterocycles. The van der Waals surface area contributed by atoms with E-state index in [0.29, 0.717) is 11.4 Å². The van der Waals surface area contributed by atoms with Gasteiger partial charge in [-0.05, 0) is 35.4 Å². The van der Waals surface area contributed by atoms with E-state index in [-0.39, 0.29) is 12.3 Å². The fourth-order valence-electron chi connectivity index (χ4n) is 1.87. The third kappa shape index (κ3) is 4.28. The number of hydrogen-bond donors (Lipinski definition) is 3. The van der Waals surface area contributed by atoms with Crippen molar-refractivity contribution >= 4 is 17.3 Å². The van der Waals surface area contributed by atoms with Crippen LogP contribution in [0.15, 0.2) is 55.1 Å². The second-order valence-corrected chi connectivity index (χ2v) is 4.80. The van der Waals surface area contributed by atoms with Crippen molar-refractivity contribution in [2.75, 3.05) is 12.8 Å². The van der Waals surface area contributed by atoms with Crippen LogP contribution in [0, 0.1) is 0 Å². The molecule has 2 rings (SSSR count). The predicted octanol–water partition coefficient (Wildman–Crippen LogP) is 2.11. The molecule has 2 aromatic rings. The molecule has 0 aliphatic heterocycles. The van der Waals surface area contributed by atoms with Gasteiger partial charge in [0.15, 0.2) is 0 Å². The number of carbonyl (C=O) groups is 1. The van der Waals surface area contributed by atoms with E-state index in [0.717, 1.165) is 16.9 Å². The molecule has 0 fully saturated rings. The molecule has 0 saturated carbocycles. The van der Waals surface area contributed by atoms with Crippen LogP contribution in [0.2, 0.25) is 0 Å². The van der Waals surface area contributed by atoms with Crippen LogP contribution in [-0.4, -0.2) is 13.0 Å². The lowest BCUT2D eigenvalue weighted by atomic mass is 10.1. The molecule has 0 unspecified atom stereocenters. The van der Waals surface area contributed by atoms with Gasteiger partial charge in [-0.25, -0.2) is 0 Å². The Morgan fingerprint density at radius 1 is 1.09 bits per heavy atom. The zero-order chi connectivity index (χ0) is 15.9. The van der Waals surface area contributed by atoms with Gasteiger partial charge < -0.3 is 10.5 Å². The highest BCUT2D eigenvalue weighted by Gasteiger charge is 2.04. The first-order valence-corrected chi connectivity index (χ1v) is 6.81. The molecule has 0 heterocycles. The molecule has 22 heavy (non-hydrogen) atoms. The first kappa shape index (κ1) is 15.4. The number of anilines is 1. The van der Waals surface area contributed by atoms with Gasteiger partial charge in [0.2, 0.25) is 5.91 Å². The first-order valence-electron chi connectivity index (χ1n) is 6.81. The average molecular weight is 297 g/mol. The number of nitrogens with one attached hydrogen (secondary N) is 2. The molecule has 0 aliphatic carbocycles. The molecule has 5 nitrogen and oxygen atoms in total. The topological polar surface area (TPSA) is 76.4 Å². The quantitative estimate of drug-likeness (QED) is 0.564. The average Bonchev–Trinajstić information content (AvgIpc) is 2.54. The van der Waals surface area contributed by atoms with Gasteiger partial charge in [-0.15, -0.1) is 0 Å². The van der Waals surface area contributed by atoms with Crippen LogP contribution in [0.5, 0.6) is 5.75 Å². The van der Waals surface area contributed by atoms with Crippen molar-refractivity contribution < 1.29 is 9.53 Å². The Kier molecular flexibility index (Phi) is 5.03. The van der Waals surface area contributed by atoms with Crippen molar-refractivity contribution in [2.24, 2.45) is 0 Å². The number of hydrogen-bond acceptors (Lipinski definition) is 4. The van der Waals surface area contributed by atoms with Gasteiger partial charge in [0.1, 0.15) is 5.75 Å². The summed E-state index contributed by atoms with van der Waals surface area (Å²) in [5.41, 5.74) is 14.1. The van der Waals surface area contributed by atoms with E-state index in [1.165, 1.54) is 0 Å². The minimum Gasteiger partial charge on any atom is -0.497 e. The number of amides is 1. The monoisotopic (exact) mass is 297 g/mol. The van der Waals surface area contributed by atoms with Crippen LogP contribution in [0.25, 0.3) is 5.70 Å². The van der Waals surface area contributed by atoms with Crippen molar-refractivity contribution in [3.63, 3.8) is 0 Å².